The Morgan fingerprint density at radius 2 is 0.900 bits per heavy atom. The normalized spacial score (nSPS) is 14.3. The van der Waals surface area contributed by atoms with Crippen molar-refractivity contribution in [3.05, 3.63) is 60.8 Å². The van der Waals surface area contributed by atoms with Crippen molar-refractivity contribution < 1.29 is 47.8 Å². The maximum atomic E-state index is 12.6. The number of phosphoric acid groups is 1. The van der Waals surface area contributed by atoms with E-state index >= 15 is 0 Å². The van der Waals surface area contributed by atoms with Gasteiger partial charge in [-0.1, -0.05) is 197 Å². The van der Waals surface area contributed by atoms with Crippen molar-refractivity contribution >= 4 is 19.8 Å². The number of aliphatic hydroxyl groups is 2. The fraction of sp³-hybridized carbons (Fsp3) is 0.755. The number of hydrogen-bond donors (Lipinski definition) is 3. The van der Waals surface area contributed by atoms with E-state index in [9.17, 15) is 24.2 Å². The van der Waals surface area contributed by atoms with E-state index in [2.05, 4.69) is 62.5 Å². The summed E-state index contributed by atoms with van der Waals surface area (Å²) >= 11 is 0. The van der Waals surface area contributed by atoms with Gasteiger partial charge in [0.25, 0.3) is 0 Å². The van der Waals surface area contributed by atoms with Crippen molar-refractivity contribution in [3.63, 3.8) is 0 Å². The number of hydrogen-bond acceptors (Lipinski definition) is 9. The number of esters is 2. The van der Waals surface area contributed by atoms with Gasteiger partial charge < -0.3 is 24.6 Å². The Morgan fingerprint density at radius 1 is 0.500 bits per heavy atom. The number of carbonyl (C=O) groups excluding carboxylic acids is 2. The van der Waals surface area contributed by atoms with Gasteiger partial charge in [-0.2, -0.15) is 0 Å². The van der Waals surface area contributed by atoms with Crippen LogP contribution in [0.1, 0.15) is 200 Å². The molecule has 0 radical (unpaired) electrons. The van der Waals surface area contributed by atoms with E-state index in [-0.39, 0.29) is 19.4 Å². The molecule has 348 valence electrons. The summed E-state index contributed by atoms with van der Waals surface area (Å²) < 4.78 is 32.7. The second-order valence-corrected chi connectivity index (χ2v) is 17.2. The first-order valence-corrected chi connectivity index (χ1v) is 25.2. The molecule has 11 heteroatoms. The zero-order valence-electron chi connectivity index (χ0n) is 37.9. The molecule has 60 heavy (non-hydrogen) atoms. The molecule has 3 atom stereocenters. The molecule has 0 aromatic heterocycles. The summed E-state index contributed by atoms with van der Waals surface area (Å²) in [4.78, 5) is 35.0. The molecule has 0 aromatic rings. The monoisotopic (exact) mass is 867 g/mol. The van der Waals surface area contributed by atoms with Gasteiger partial charge in [0.2, 0.25) is 0 Å². The number of unbranched alkanes of at least 4 members (excludes halogenated alkanes) is 20. The van der Waals surface area contributed by atoms with Crippen LogP contribution in [0.2, 0.25) is 0 Å². The predicted octanol–water partition coefficient (Wildman–Crippen LogP) is 13.1. The molecule has 0 aromatic carbocycles. The van der Waals surface area contributed by atoms with Gasteiger partial charge in [-0.05, 0) is 51.4 Å². The fourth-order valence-electron chi connectivity index (χ4n) is 6.27. The SMILES string of the molecule is CCCCC/C=C/C/C=C/C/C=C/C/C=C/C/C=C/CCC(=O)OC[C@H](COP(=O)(O)OC[C@@H](O)CO)OC(=O)CCCCCCCCCCCCCCCCCCCC. The molecule has 0 aliphatic heterocycles. The summed E-state index contributed by atoms with van der Waals surface area (Å²) in [6, 6.07) is 0. The molecular weight excluding hydrogens is 780 g/mol. The summed E-state index contributed by atoms with van der Waals surface area (Å²) in [6.07, 6.45) is 50.6. The lowest BCUT2D eigenvalue weighted by Crippen LogP contribution is -2.29. The minimum Gasteiger partial charge on any atom is -0.462 e. The number of carbonyl (C=O) groups is 2. The summed E-state index contributed by atoms with van der Waals surface area (Å²) in [7, 11) is -4.64. The first-order chi connectivity index (χ1) is 29.2. The van der Waals surface area contributed by atoms with Gasteiger partial charge in [0.05, 0.1) is 19.8 Å². The summed E-state index contributed by atoms with van der Waals surface area (Å²) in [5, 5.41) is 18.4. The Morgan fingerprint density at radius 3 is 1.37 bits per heavy atom. The van der Waals surface area contributed by atoms with Gasteiger partial charge >= 0.3 is 19.8 Å². The zero-order valence-corrected chi connectivity index (χ0v) is 38.8. The zero-order chi connectivity index (χ0) is 44.0. The summed E-state index contributed by atoms with van der Waals surface area (Å²) in [6.45, 7) is 2.29. The van der Waals surface area contributed by atoms with E-state index in [0.29, 0.717) is 12.8 Å². The third-order valence-corrected chi connectivity index (χ3v) is 10.9. The van der Waals surface area contributed by atoms with Crippen LogP contribution in [-0.2, 0) is 32.7 Å². The molecule has 1 unspecified atom stereocenters. The molecule has 0 saturated carbocycles. The Hall–Kier alpha value is -2.33. The maximum Gasteiger partial charge on any atom is 0.472 e. The molecule has 0 aliphatic rings. The fourth-order valence-corrected chi connectivity index (χ4v) is 7.06. The minimum atomic E-state index is -4.64. The van der Waals surface area contributed by atoms with Gasteiger partial charge in [-0.3, -0.25) is 18.6 Å². The highest BCUT2D eigenvalue weighted by atomic mass is 31.2. The van der Waals surface area contributed by atoms with Crippen molar-refractivity contribution in [2.45, 2.75) is 212 Å². The molecule has 0 spiro atoms. The van der Waals surface area contributed by atoms with Crippen LogP contribution >= 0.6 is 7.82 Å². The molecule has 0 rings (SSSR count). The largest absolute Gasteiger partial charge is 0.472 e. The van der Waals surface area contributed by atoms with Crippen molar-refractivity contribution in [3.8, 4) is 0 Å². The standard InChI is InChI=1S/C49H87O10P/c1-3-5-7-9-11-13-15-17-19-21-23-25-26-28-30-32-34-36-38-40-48(52)56-44-47(45-58-60(54,55)57-43-46(51)42-50)59-49(53)41-39-37-35-33-31-29-27-24-22-20-18-16-14-12-10-8-6-4-2/h11,13,17,19,23,25,28,30,34,36,46-47,50-51H,3-10,12,14-16,18,20-22,24,26-27,29,31-33,35,37-45H2,1-2H3,(H,54,55)/b13-11+,19-17+,25-23+,30-28+,36-34+/t46-,47+/m0/s1. The Kier molecular flexibility index (Phi) is 43.0. The van der Waals surface area contributed by atoms with E-state index < -0.39 is 51.8 Å². The lowest BCUT2D eigenvalue weighted by molar-refractivity contribution is -0.161. The third kappa shape index (κ3) is 43.7. The molecule has 0 heterocycles. The van der Waals surface area contributed by atoms with E-state index in [1.807, 2.05) is 12.2 Å². The first-order valence-electron chi connectivity index (χ1n) is 23.7. The van der Waals surface area contributed by atoms with Crippen LogP contribution in [0.25, 0.3) is 0 Å². The van der Waals surface area contributed by atoms with Gasteiger partial charge in [0.15, 0.2) is 6.10 Å². The maximum absolute atomic E-state index is 12.6. The smallest absolute Gasteiger partial charge is 0.462 e. The Balaban J connectivity index is 4.35. The Bertz CT molecular complexity index is 1180. The van der Waals surface area contributed by atoms with Crippen LogP contribution < -0.4 is 0 Å². The van der Waals surface area contributed by atoms with E-state index in [4.69, 9.17) is 23.6 Å². The highest BCUT2D eigenvalue weighted by molar-refractivity contribution is 7.47. The highest BCUT2D eigenvalue weighted by Crippen LogP contribution is 2.43. The molecule has 0 bridgehead atoms. The molecule has 10 nitrogen and oxygen atoms in total. The van der Waals surface area contributed by atoms with E-state index in [1.165, 1.54) is 116 Å². The minimum absolute atomic E-state index is 0.118. The number of rotatable bonds is 44. The average Bonchev–Trinajstić information content (AvgIpc) is 3.24. The topological polar surface area (TPSA) is 149 Å². The van der Waals surface area contributed by atoms with Crippen LogP contribution in [0.15, 0.2) is 60.8 Å². The lowest BCUT2D eigenvalue weighted by atomic mass is 10.0. The van der Waals surface area contributed by atoms with Crippen molar-refractivity contribution in [2.24, 2.45) is 0 Å². The molecule has 0 saturated heterocycles. The first kappa shape index (κ1) is 57.7. The molecule has 0 fully saturated rings. The second-order valence-electron chi connectivity index (χ2n) is 15.8. The van der Waals surface area contributed by atoms with Crippen molar-refractivity contribution in [1.82, 2.24) is 0 Å². The van der Waals surface area contributed by atoms with Crippen molar-refractivity contribution in [2.75, 3.05) is 26.4 Å². The van der Waals surface area contributed by atoms with Crippen LogP contribution in [0, 0.1) is 0 Å². The van der Waals surface area contributed by atoms with Gasteiger partial charge in [-0.25, -0.2) is 4.57 Å². The molecular formula is C49H87O10P. The number of aliphatic hydroxyl groups excluding tert-OH is 2. The quantitative estimate of drug-likeness (QED) is 0.0234. The summed E-state index contributed by atoms with van der Waals surface area (Å²) in [5.41, 5.74) is 0. The molecule has 0 aliphatic carbocycles. The molecule has 3 N–H and O–H groups in total. The van der Waals surface area contributed by atoms with Crippen LogP contribution in [0.4, 0.5) is 0 Å². The average molecular weight is 867 g/mol. The number of allylic oxidation sites excluding steroid dienone is 10. The van der Waals surface area contributed by atoms with Gasteiger partial charge in [0.1, 0.15) is 12.7 Å². The highest BCUT2D eigenvalue weighted by Gasteiger charge is 2.27. The second kappa shape index (κ2) is 44.7. The van der Waals surface area contributed by atoms with Gasteiger partial charge in [0, 0.05) is 12.8 Å². The third-order valence-electron chi connectivity index (χ3n) is 9.94. The van der Waals surface area contributed by atoms with Gasteiger partial charge in [-0.15, -0.1) is 0 Å². The van der Waals surface area contributed by atoms with Crippen molar-refractivity contribution in [1.29, 1.82) is 0 Å². The lowest BCUT2D eigenvalue weighted by Gasteiger charge is -2.20. The number of ether oxygens (including phenoxy) is 2. The van der Waals surface area contributed by atoms with Crippen LogP contribution in [0.5, 0.6) is 0 Å². The number of phosphoric ester groups is 1. The van der Waals surface area contributed by atoms with E-state index in [0.717, 1.165) is 44.9 Å². The van der Waals surface area contributed by atoms with Crippen LogP contribution in [0.3, 0.4) is 0 Å². The van der Waals surface area contributed by atoms with E-state index in [1.54, 1.807) is 0 Å². The Labute approximate surface area is 366 Å². The van der Waals surface area contributed by atoms with Crippen LogP contribution in [-0.4, -0.2) is 65.7 Å². The summed E-state index contributed by atoms with van der Waals surface area (Å²) in [5.74, 6) is -1.02. The molecule has 0 amide bonds. The predicted molar refractivity (Wildman–Crippen MR) is 247 cm³/mol.